The second-order valence-corrected chi connectivity index (χ2v) is 4.89. The molecule has 0 saturated carbocycles. The van der Waals surface area contributed by atoms with Gasteiger partial charge < -0.3 is 15.2 Å². The number of ether oxygens (including phenoxy) is 1. The van der Waals surface area contributed by atoms with Gasteiger partial charge in [-0.25, -0.2) is 0 Å². The van der Waals surface area contributed by atoms with E-state index in [4.69, 9.17) is 4.74 Å². The largest absolute Gasteiger partial charge is 0.394 e. The first kappa shape index (κ1) is 15.2. The highest BCUT2D eigenvalue weighted by Gasteiger charge is 2.31. The fraction of sp³-hybridized carbons (Fsp3) is 0.600. The van der Waals surface area contributed by atoms with Gasteiger partial charge >= 0.3 is 0 Å². The van der Waals surface area contributed by atoms with Crippen LogP contribution in [0.25, 0.3) is 0 Å². The minimum Gasteiger partial charge on any atom is -0.394 e. The van der Waals surface area contributed by atoms with E-state index in [9.17, 15) is 5.11 Å². The molecule has 0 aliphatic heterocycles. The molecule has 0 spiro atoms. The monoisotopic (exact) mass is 251 g/mol. The van der Waals surface area contributed by atoms with E-state index in [-0.39, 0.29) is 12.7 Å². The molecule has 0 aromatic heterocycles. The molecule has 0 aliphatic rings. The summed E-state index contributed by atoms with van der Waals surface area (Å²) in [6.45, 7) is 7.50. The first-order valence-electron chi connectivity index (χ1n) is 6.67. The van der Waals surface area contributed by atoms with Crippen molar-refractivity contribution in [2.45, 2.75) is 38.8 Å². The van der Waals surface area contributed by atoms with Crippen LogP contribution in [0.15, 0.2) is 30.3 Å². The fourth-order valence-electron chi connectivity index (χ4n) is 1.86. The van der Waals surface area contributed by atoms with Gasteiger partial charge in [-0.05, 0) is 32.4 Å². The molecule has 18 heavy (non-hydrogen) atoms. The third-order valence-corrected chi connectivity index (χ3v) is 2.97. The van der Waals surface area contributed by atoms with Crippen molar-refractivity contribution in [2.24, 2.45) is 0 Å². The fourth-order valence-corrected chi connectivity index (χ4v) is 1.86. The topological polar surface area (TPSA) is 41.5 Å². The van der Waals surface area contributed by atoms with Gasteiger partial charge in [-0.1, -0.05) is 37.3 Å². The van der Waals surface area contributed by atoms with Gasteiger partial charge in [-0.2, -0.15) is 0 Å². The van der Waals surface area contributed by atoms with Crippen LogP contribution in [0.4, 0.5) is 0 Å². The smallest absolute Gasteiger partial charge is 0.0906 e. The summed E-state index contributed by atoms with van der Waals surface area (Å²) in [5.41, 5.74) is 0.572. The molecule has 1 rings (SSSR count). The summed E-state index contributed by atoms with van der Waals surface area (Å²) < 4.78 is 5.73. The molecule has 0 fully saturated rings. The number of nitrogens with one attached hydrogen (secondary N) is 1. The van der Waals surface area contributed by atoms with Crippen molar-refractivity contribution in [2.75, 3.05) is 19.8 Å². The molecule has 0 amide bonds. The Kier molecular flexibility index (Phi) is 6.33. The highest BCUT2D eigenvalue weighted by molar-refractivity contribution is 5.25. The van der Waals surface area contributed by atoms with Gasteiger partial charge in [0.05, 0.1) is 24.9 Å². The number of benzene rings is 1. The number of hydrogen-bond acceptors (Lipinski definition) is 3. The lowest BCUT2D eigenvalue weighted by Crippen LogP contribution is -2.50. The summed E-state index contributed by atoms with van der Waals surface area (Å²) in [7, 11) is 0. The molecule has 0 bridgehead atoms. The molecule has 1 aromatic rings. The van der Waals surface area contributed by atoms with E-state index in [1.165, 1.54) is 0 Å². The van der Waals surface area contributed by atoms with Gasteiger partial charge in [0, 0.05) is 0 Å². The number of hydrogen-bond donors (Lipinski definition) is 2. The predicted octanol–water partition coefficient (Wildman–Crippen LogP) is 2.30. The van der Waals surface area contributed by atoms with Crippen molar-refractivity contribution in [3.05, 3.63) is 35.9 Å². The van der Waals surface area contributed by atoms with Crippen molar-refractivity contribution in [1.82, 2.24) is 5.32 Å². The Hall–Kier alpha value is -0.900. The molecular weight excluding hydrogens is 226 g/mol. The van der Waals surface area contributed by atoms with Crippen LogP contribution in [0, 0.1) is 0 Å². The third kappa shape index (κ3) is 4.09. The molecule has 0 saturated heterocycles. The SMILES string of the molecule is CCCNC(CO)(COC(C)C)c1ccccc1. The average Bonchev–Trinajstić information content (AvgIpc) is 2.40. The van der Waals surface area contributed by atoms with Gasteiger partial charge in [0.2, 0.25) is 0 Å². The minimum atomic E-state index is -0.498. The first-order chi connectivity index (χ1) is 8.64. The highest BCUT2D eigenvalue weighted by atomic mass is 16.5. The van der Waals surface area contributed by atoms with Gasteiger partial charge in [-0.3, -0.25) is 0 Å². The summed E-state index contributed by atoms with van der Waals surface area (Å²) in [6.07, 6.45) is 1.18. The van der Waals surface area contributed by atoms with Crippen LogP contribution >= 0.6 is 0 Å². The van der Waals surface area contributed by atoms with Gasteiger partial charge in [0.15, 0.2) is 0 Å². The molecule has 3 nitrogen and oxygen atoms in total. The van der Waals surface area contributed by atoms with Crippen LogP contribution < -0.4 is 5.32 Å². The Morgan fingerprint density at radius 1 is 1.28 bits per heavy atom. The van der Waals surface area contributed by atoms with E-state index in [0.717, 1.165) is 18.5 Å². The summed E-state index contributed by atoms with van der Waals surface area (Å²) in [6, 6.07) is 10.0. The Morgan fingerprint density at radius 3 is 2.44 bits per heavy atom. The molecule has 1 aromatic carbocycles. The third-order valence-electron chi connectivity index (χ3n) is 2.97. The lowest BCUT2D eigenvalue weighted by Gasteiger charge is -2.34. The van der Waals surface area contributed by atoms with E-state index in [1.54, 1.807) is 0 Å². The Labute approximate surface area is 110 Å². The lowest BCUT2D eigenvalue weighted by molar-refractivity contribution is 0.00300. The maximum atomic E-state index is 9.83. The lowest BCUT2D eigenvalue weighted by atomic mass is 9.91. The molecule has 2 N–H and O–H groups in total. The van der Waals surface area contributed by atoms with Crippen LogP contribution in [0.2, 0.25) is 0 Å². The normalized spacial score (nSPS) is 14.7. The maximum Gasteiger partial charge on any atom is 0.0906 e. The second kappa shape index (κ2) is 7.52. The maximum absolute atomic E-state index is 9.83. The number of aliphatic hydroxyl groups excluding tert-OH is 1. The van der Waals surface area contributed by atoms with Crippen molar-refractivity contribution < 1.29 is 9.84 Å². The van der Waals surface area contributed by atoms with E-state index < -0.39 is 5.54 Å². The molecule has 102 valence electrons. The minimum absolute atomic E-state index is 0.0315. The molecule has 0 aliphatic carbocycles. The van der Waals surface area contributed by atoms with Crippen LogP contribution in [0.3, 0.4) is 0 Å². The van der Waals surface area contributed by atoms with E-state index in [0.29, 0.717) is 6.61 Å². The summed E-state index contributed by atoms with van der Waals surface area (Å²) in [5.74, 6) is 0. The van der Waals surface area contributed by atoms with Gasteiger partial charge in [0.25, 0.3) is 0 Å². The standard InChI is InChI=1S/C15H25NO2/c1-4-10-16-15(11-17,12-18-13(2)3)14-8-6-5-7-9-14/h5-9,13,16-17H,4,10-12H2,1-3H3. The number of rotatable bonds is 8. The first-order valence-corrected chi connectivity index (χ1v) is 6.67. The van der Waals surface area contributed by atoms with E-state index in [2.05, 4.69) is 12.2 Å². The Bertz CT molecular complexity index is 327. The van der Waals surface area contributed by atoms with Crippen molar-refractivity contribution in [1.29, 1.82) is 0 Å². The van der Waals surface area contributed by atoms with Crippen molar-refractivity contribution in [3.63, 3.8) is 0 Å². The van der Waals surface area contributed by atoms with E-state index >= 15 is 0 Å². The zero-order valence-corrected chi connectivity index (χ0v) is 11.6. The predicted molar refractivity (Wildman–Crippen MR) is 74.6 cm³/mol. The summed E-state index contributed by atoms with van der Waals surface area (Å²) in [5, 5.41) is 13.3. The average molecular weight is 251 g/mol. The van der Waals surface area contributed by atoms with Crippen molar-refractivity contribution >= 4 is 0 Å². The van der Waals surface area contributed by atoms with Gasteiger partial charge in [-0.15, -0.1) is 0 Å². The zero-order chi connectivity index (χ0) is 13.4. The molecule has 1 unspecified atom stereocenters. The van der Waals surface area contributed by atoms with Crippen LogP contribution in [-0.2, 0) is 10.3 Å². The van der Waals surface area contributed by atoms with Crippen molar-refractivity contribution in [3.8, 4) is 0 Å². The molecular formula is C15H25NO2. The summed E-state index contributed by atoms with van der Waals surface area (Å²) in [4.78, 5) is 0. The van der Waals surface area contributed by atoms with Crippen LogP contribution in [0.1, 0.15) is 32.8 Å². The Morgan fingerprint density at radius 2 is 1.94 bits per heavy atom. The zero-order valence-electron chi connectivity index (χ0n) is 11.6. The molecule has 0 heterocycles. The molecule has 1 atom stereocenters. The quantitative estimate of drug-likeness (QED) is 0.745. The van der Waals surface area contributed by atoms with Gasteiger partial charge in [0.1, 0.15) is 0 Å². The molecule has 0 radical (unpaired) electrons. The van der Waals surface area contributed by atoms with E-state index in [1.807, 2.05) is 44.2 Å². The van der Waals surface area contributed by atoms with Crippen LogP contribution in [0.5, 0.6) is 0 Å². The summed E-state index contributed by atoms with van der Waals surface area (Å²) >= 11 is 0. The number of aliphatic hydroxyl groups is 1. The highest BCUT2D eigenvalue weighted by Crippen LogP contribution is 2.22. The Balaban J connectivity index is 2.90. The second-order valence-electron chi connectivity index (χ2n) is 4.89. The van der Waals surface area contributed by atoms with Crippen LogP contribution in [-0.4, -0.2) is 31.0 Å². The molecule has 3 heteroatoms.